The lowest BCUT2D eigenvalue weighted by molar-refractivity contribution is 0.104. The molecule has 120 valence electrons. The maximum atomic E-state index is 13.4. The Hall–Kier alpha value is -3.21. The first-order valence-corrected chi connectivity index (χ1v) is 7.26. The summed E-state index contributed by atoms with van der Waals surface area (Å²) in [6, 6.07) is 12.8. The van der Waals surface area contributed by atoms with Crippen LogP contribution in [-0.2, 0) is 0 Å². The molecule has 0 saturated carbocycles. The molecule has 1 N–H and O–H groups in total. The van der Waals surface area contributed by atoms with E-state index in [1.165, 1.54) is 31.4 Å². The van der Waals surface area contributed by atoms with E-state index in [9.17, 15) is 14.0 Å². The molecular weight excluding hydrogens is 309 g/mol. The summed E-state index contributed by atoms with van der Waals surface area (Å²) in [5, 5.41) is 0.854. The molecule has 2 aromatic carbocycles. The Kier molecular flexibility index (Phi) is 4.24. The third-order valence-electron chi connectivity index (χ3n) is 3.62. The number of carbonyl (C=O) groups excluding carboxylic acids is 1. The predicted molar refractivity (Wildman–Crippen MR) is 90.9 cm³/mol. The van der Waals surface area contributed by atoms with Gasteiger partial charge in [0.25, 0.3) is 5.56 Å². The van der Waals surface area contributed by atoms with Crippen molar-refractivity contribution in [2.45, 2.75) is 0 Å². The lowest BCUT2D eigenvalue weighted by Gasteiger charge is -2.05. The number of benzene rings is 2. The zero-order valence-corrected chi connectivity index (χ0v) is 12.9. The minimum Gasteiger partial charge on any atom is -0.496 e. The number of aromatic amines is 1. The fourth-order valence-electron chi connectivity index (χ4n) is 2.42. The maximum absolute atomic E-state index is 13.4. The molecule has 4 nitrogen and oxygen atoms in total. The second kappa shape index (κ2) is 6.50. The third kappa shape index (κ3) is 3.10. The van der Waals surface area contributed by atoms with Crippen molar-refractivity contribution in [2.75, 3.05) is 7.11 Å². The summed E-state index contributed by atoms with van der Waals surface area (Å²) in [5.74, 6) is -0.700. The number of halogens is 1. The van der Waals surface area contributed by atoms with E-state index in [0.717, 1.165) is 17.0 Å². The molecule has 0 amide bonds. The van der Waals surface area contributed by atoms with Crippen LogP contribution in [0.15, 0.2) is 59.4 Å². The highest BCUT2D eigenvalue weighted by atomic mass is 19.1. The van der Waals surface area contributed by atoms with Gasteiger partial charge in [0.1, 0.15) is 11.6 Å². The van der Waals surface area contributed by atoms with Gasteiger partial charge in [-0.2, -0.15) is 0 Å². The number of aromatic nitrogens is 1. The number of rotatable bonds is 4. The van der Waals surface area contributed by atoms with Crippen LogP contribution < -0.4 is 10.3 Å². The second-order valence-electron chi connectivity index (χ2n) is 5.18. The molecule has 0 aliphatic rings. The van der Waals surface area contributed by atoms with Crippen LogP contribution in [0.4, 0.5) is 4.39 Å². The van der Waals surface area contributed by atoms with Gasteiger partial charge in [-0.05, 0) is 47.9 Å². The van der Waals surface area contributed by atoms with E-state index < -0.39 is 11.6 Å². The fourth-order valence-corrected chi connectivity index (χ4v) is 2.42. The van der Waals surface area contributed by atoms with Crippen molar-refractivity contribution in [1.29, 1.82) is 0 Å². The van der Waals surface area contributed by atoms with Crippen molar-refractivity contribution in [3.63, 3.8) is 0 Å². The summed E-state index contributed by atoms with van der Waals surface area (Å²) < 4.78 is 18.4. The highest BCUT2D eigenvalue weighted by Gasteiger charge is 2.11. The zero-order valence-electron chi connectivity index (χ0n) is 12.9. The van der Waals surface area contributed by atoms with E-state index >= 15 is 0 Å². The van der Waals surface area contributed by atoms with Gasteiger partial charge in [0.2, 0.25) is 0 Å². The SMILES string of the molecule is COc1ccc(F)cc1C(=O)C=Cc1cc2ccccc2[nH]c1=O. The molecule has 0 spiro atoms. The first-order chi connectivity index (χ1) is 11.6. The van der Waals surface area contributed by atoms with Crippen LogP contribution in [0, 0.1) is 5.82 Å². The molecule has 0 saturated heterocycles. The van der Waals surface area contributed by atoms with Gasteiger partial charge in [-0.25, -0.2) is 4.39 Å². The van der Waals surface area contributed by atoms with Gasteiger partial charge < -0.3 is 9.72 Å². The van der Waals surface area contributed by atoms with E-state index in [1.54, 1.807) is 12.1 Å². The zero-order chi connectivity index (χ0) is 17.1. The largest absolute Gasteiger partial charge is 0.496 e. The predicted octanol–water partition coefficient (Wildman–Crippen LogP) is 3.57. The monoisotopic (exact) mass is 323 g/mol. The molecule has 0 atom stereocenters. The molecule has 3 aromatic rings. The average molecular weight is 323 g/mol. The topological polar surface area (TPSA) is 59.2 Å². The summed E-state index contributed by atoms with van der Waals surface area (Å²) in [7, 11) is 1.40. The van der Waals surface area contributed by atoms with Gasteiger partial charge in [-0.15, -0.1) is 0 Å². The standard InChI is InChI=1S/C19H14FNO3/c1-24-18-9-7-14(20)11-15(18)17(22)8-6-13-10-12-4-2-3-5-16(12)21-19(13)23/h2-11H,1H3,(H,21,23). The molecule has 1 aromatic heterocycles. The third-order valence-corrected chi connectivity index (χ3v) is 3.62. The Bertz CT molecular complexity index is 1000. The van der Waals surface area contributed by atoms with Crippen molar-refractivity contribution in [2.24, 2.45) is 0 Å². The van der Waals surface area contributed by atoms with Crippen molar-refractivity contribution >= 4 is 22.8 Å². The van der Waals surface area contributed by atoms with Crippen molar-refractivity contribution in [3.05, 3.63) is 81.9 Å². The van der Waals surface area contributed by atoms with Crippen LogP contribution >= 0.6 is 0 Å². The quantitative estimate of drug-likeness (QED) is 0.590. The number of ether oxygens (including phenoxy) is 1. The number of hydrogen-bond acceptors (Lipinski definition) is 3. The van der Waals surface area contributed by atoms with Crippen LogP contribution in [0.1, 0.15) is 15.9 Å². The van der Waals surface area contributed by atoms with Crippen LogP contribution in [0.2, 0.25) is 0 Å². The van der Waals surface area contributed by atoms with Crippen molar-refractivity contribution in [1.82, 2.24) is 4.98 Å². The number of ketones is 1. The number of hydrogen-bond donors (Lipinski definition) is 1. The molecule has 5 heteroatoms. The molecule has 0 bridgehead atoms. The van der Waals surface area contributed by atoms with Crippen LogP contribution in [0.5, 0.6) is 5.75 Å². The van der Waals surface area contributed by atoms with Gasteiger partial charge in [0.05, 0.1) is 12.7 Å². The van der Waals surface area contributed by atoms with E-state index in [2.05, 4.69) is 4.98 Å². The summed E-state index contributed by atoms with van der Waals surface area (Å²) in [6.07, 6.45) is 2.65. The van der Waals surface area contributed by atoms with Gasteiger partial charge in [0.15, 0.2) is 5.78 Å². The molecule has 1 heterocycles. The summed E-state index contributed by atoms with van der Waals surface area (Å²) in [4.78, 5) is 27.1. The van der Waals surface area contributed by atoms with Crippen LogP contribution in [0.3, 0.4) is 0 Å². The molecular formula is C19H14FNO3. The number of allylic oxidation sites excluding steroid dienone is 1. The number of pyridine rings is 1. The van der Waals surface area contributed by atoms with E-state index in [1.807, 2.05) is 18.2 Å². The molecule has 24 heavy (non-hydrogen) atoms. The van der Waals surface area contributed by atoms with Gasteiger partial charge >= 0.3 is 0 Å². The number of carbonyl (C=O) groups is 1. The van der Waals surface area contributed by atoms with E-state index in [0.29, 0.717) is 5.56 Å². The minimum atomic E-state index is -0.531. The van der Waals surface area contributed by atoms with Gasteiger partial charge in [-0.3, -0.25) is 9.59 Å². The lowest BCUT2D eigenvalue weighted by Crippen LogP contribution is -2.09. The summed E-state index contributed by atoms with van der Waals surface area (Å²) in [6.45, 7) is 0. The van der Waals surface area contributed by atoms with Crippen molar-refractivity contribution in [3.8, 4) is 5.75 Å². The van der Waals surface area contributed by atoms with Gasteiger partial charge in [-0.1, -0.05) is 18.2 Å². The molecule has 0 fully saturated rings. The number of nitrogens with one attached hydrogen (secondary N) is 1. The normalized spacial score (nSPS) is 11.1. The van der Waals surface area contributed by atoms with Crippen molar-refractivity contribution < 1.29 is 13.9 Å². The summed E-state index contributed by atoms with van der Waals surface area (Å²) in [5.41, 5.74) is 0.866. The molecule has 0 aliphatic heterocycles. The molecule has 0 aliphatic carbocycles. The number of H-pyrrole nitrogens is 1. The Labute approximate surface area is 137 Å². The highest BCUT2D eigenvalue weighted by molar-refractivity contribution is 6.08. The Balaban J connectivity index is 1.96. The van der Waals surface area contributed by atoms with Gasteiger partial charge in [0, 0.05) is 11.1 Å². The fraction of sp³-hybridized carbons (Fsp3) is 0.0526. The highest BCUT2D eigenvalue weighted by Crippen LogP contribution is 2.20. The Morgan fingerprint density at radius 1 is 1.17 bits per heavy atom. The van der Waals surface area contributed by atoms with E-state index in [4.69, 9.17) is 4.74 Å². The maximum Gasteiger partial charge on any atom is 0.255 e. The lowest BCUT2D eigenvalue weighted by atomic mass is 10.1. The van der Waals surface area contributed by atoms with Crippen LogP contribution in [0.25, 0.3) is 17.0 Å². The average Bonchev–Trinajstić information content (AvgIpc) is 2.59. The summed E-state index contributed by atoms with van der Waals surface area (Å²) >= 11 is 0. The molecule has 0 radical (unpaired) electrons. The minimum absolute atomic E-state index is 0.103. The Morgan fingerprint density at radius 3 is 2.75 bits per heavy atom. The Morgan fingerprint density at radius 2 is 1.96 bits per heavy atom. The van der Waals surface area contributed by atoms with Crippen LogP contribution in [-0.4, -0.2) is 17.9 Å². The number of para-hydroxylation sites is 1. The first-order valence-electron chi connectivity index (χ1n) is 7.26. The first kappa shape index (κ1) is 15.7. The number of methoxy groups -OCH3 is 1. The smallest absolute Gasteiger partial charge is 0.255 e. The molecule has 0 unspecified atom stereocenters. The second-order valence-corrected chi connectivity index (χ2v) is 5.18. The number of fused-ring (bicyclic) bond motifs is 1. The molecule has 3 rings (SSSR count). The van der Waals surface area contributed by atoms with E-state index in [-0.39, 0.29) is 16.9 Å².